The lowest BCUT2D eigenvalue weighted by Gasteiger charge is -2.05. The zero-order valence-corrected chi connectivity index (χ0v) is 9.61. The van der Waals surface area contributed by atoms with Crippen LogP contribution in [0.2, 0.25) is 0 Å². The smallest absolute Gasteiger partial charge is 0.340 e. The van der Waals surface area contributed by atoms with Crippen molar-refractivity contribution in [1.82, 2.24) is 0 Å². The van der Waals surface area contributed by atoms with Crippen molar-refractivity contribution in [3.8, 4) is 11.1 Å². The molecule has 2 aromatic carbocycles. The minimum absolute atomic E-state index is 0.141. The van der Waals surface area contributed by atoms with E-state index in [4.69, 9.17) is 0 Å². The molecule has 2 rings (SSSR count). The molecule has 0 spiro atoms. The van der Waals surface area contributed by atoms with Gasteiger partial charge in [-0.15, -0.1) is 0 Å². The number of hydrogen-bond acceptors (Lipinski definition) is 2. The third kappa shape index (κ3) is 2.37. The van der Waals surface area contributed by atoms with E-state index in [2.05, 4.69) is 4.74 Å². The predicted octanol–water partition coefficient (Wildman–Crippen LogP) is 3.42. The zero-order valence-electron chi connectivity index (χ0n) is 9.61. The van der Waals surface area contributed by atoms with Crippen molar-refractivity contribution in [2.75, 3.05) is 7.11 Å². The SMILES string of the molecule is COC(=O)c1ccc(-c2cccc(F)c2)cc1F. The quantitative estimate of drug-likeness (QED) is 0.761. The Morgan fingerprint density at radius 1 is 1.06 bits per heavy atom. The Balaban J connectivity index is 2.43. The van der Waals surface area contributed by atoms with Crippen LogP contribution < -0.4 is 0 Å². The minimum atomic E-state index is -0.738. The average Bonchev–Trinajstić information content (AvgIpc) is 2.37. The molecule has 0 saturated carbocycles. The summed E-state index contributed by atoms with van der Waals surface area (Å²) < 4.78 is 31.2. The fourth-order valence-electron chi connectivity index (χ4n) is 1.64. The van der Waals surface area contributed by atoms with Crippen LogP contribution in [0.25, 0.3) is 11.1 Å². The van der Waals surface area contributed by atoms with Gasteiger partial charge in [0.2, 0.25) is 0 Å². The molecular formula is C14H10F2O2. The molecule has 2 nitrogen and oxygen atoms in total. The predicted molar refractivity (Wildman–Crippen MR) is 63.1 cm³/mol. The highest BCUT2D eigenvalue weighted by atomic mass is 19.1. The molecule has 4 heteroatoms. The largest absolute Gasteiger partial charge is 0.465 e. The molecule has 0 atom stereocenters. The summed E-state index contributed by atoms with van der Waals surface area (Å²) in [6, 6.07) is 9.86. The first-order valence-electron chi connectivity index (χ1n) is 5.25. The van der Waals surface area contributed by atoms with E-state index >= 15 is 0 Å². The maximum absolute atomic E-state index is 13.7. The summed E-state index contributed by atoms with van der Waals surface area (Å²) in [5.74, 6) is -1.83. The lowest BCUT2D eigenvalue weighted by Crippen LogP contribution is -2.04. The Morgan fingerprint density at radius 2 is 1.78 bits per heavy atom. The van der Waals surface area contributed by atoms with Crippen molar-refractivity contribution in [1.29, 1.82) is 0 Å². The highest BCUT2D eigenvalue weighted by Gasteiger charge is 2.12. The second-order valence-electron chi connectivity index (χ2n) is 3.70. The molecule has 0 heterocycles. The molecular weight excluding hydrogens is 238 g/mol. The first kappa shape index (κ1) is 12.2. The lowest BCUT2D eigenvalue weighted by molar-refractivity contribution is 0.0595. The van der Waals surface area contributed by atoms with Crippen LogP contribution in [0.3, 0.4) is 0 Å². The topological polar surface area (TPSA) is 26.3 Å². The van der Waals surface area contributed by atoms with Crippen molar-refractivity contribution in [2.45, 2.75) is 0 Å². The van der Waals surface area contributed by atoms with E-state index in [9.17, 15) is 13.6 Å². The van der Waals surface area contributed by atoms with Crippen LogP contribution in [-0.4, -0.2) is 13.1 Å². The minimum Gasteiger partial charge on any atom is -0.465 e. The van der Waals surface area contributed by atoms with Gasteiger partial charge in [-0.1, -0.05) is 18.2 Å². The molecule has 0 radical (unpaired) electrons. The maximum atomic E-state index is 13.7. The van der Waals surface area contributed by atoms with Gasteiger partial charge in [-0.3, -0.25) is 0 Å². The molecule has 0 unspecified atom stereocenters. The number of esters is 1. The standard InChI is InChI=1S/C14H10F2O2/c1-18-14(17)12-6-5-10(8-13(12)16)9-3-2-4-11(15)7-9/h2-8H,1H3. The van der Waals surface area contributed by atoms with E-state index < -0.39 is 17.6 Å². The van der Waals surface area contributed by atoms with Gasteiger partial charge in [0.05, 0.1) is 12.7 Å². The Bertz CT molecular complexity index is 594. The second kappa shape index (κ2) is 4.96. The van der Waals surface area contributed by atoms with Gasteiger partial charge in [0, 0.05) is 0 Å². The van der Waals surface area contributed by atoms with E-state index in [1.165, 1.54) is 37.4 Å². The molecule has 0 N–H and O–H groups in total. The Kier molecular flexibility index (Phi) is 3.37. The number of halogens is 2. The number of ether oxygens (including phenoxy) is 1. The fourth-order valence-corrected chi connectivity index (χ4v) is 1.64. The van der Waals surface area contributed by atoms with Gasteiger partial charge in [0.1, 0.15) is 11.6 Å². The van der Waals surface area contributed by atoms with E-state index in [1.807, 2.05) is 0 Å². The molecule has 0 fully saturated rings. The van der Waals surface area contributed by atoms with Crippen LogP contribution in [0, 0.1) is 11.6 Å². The van der Waals surface area contributed by atoms with E-state index in [0.717, 1.165) is 0 Å². The number of carbonyl (C=O) groups is 1. The first-order chi connectivity index (χ1) is 8.61. The van der Waals surface area contributed by atoms with Gasteiger partial charge in [-0.05, 0) is 35.4 Å². The van der Waals surface area contributed by atoms with E-state index in [-0.39, 0.29) is 5.56 Å². The molecule has 2 aromatic rings. The van der Waals surface area contributed by atoms with Gasteiger partial charge in [-0.2, -0.15) is 0 Å². The molecule has 0 bridgehead atoms. The van der Waals surface area contributed by atoms with Crippen molar-refractivity contribution in [3.63, 3.8) is 0 Å². The summed E-state index contributed by atoms with van der Waals surface area (Å²) in [6.45, 7) is 0. The number of benzene rings is 2. The molecule has 0 aromatic heterocycles. The van der Waals surface area contributed by atoms with Crippen LogP contribution in [0.4, 0.5) is 8.78 Å². The highest BCUT2D eigenvalue weighted by molar-refractivity contribution is 5.90. The maximum Gasteiger partial charge on any atom is 0.340 e. The summed E-state index contributed by atoms with van der Waals surface area (Å²) >= 11 is 0. The Morgan fingerprint density at radius 3 is 2.39 bits per heavy atom. The van der Waals surface area contributed by atoms with Crippen molar-refractivity contribution in [2.24, 2.45) is 0 Å². The van der Waals surface area contributed by atoms with Crippen molar-refractivity contribution in [3.05, 3.63) is 59.7 Å². The van der Waals surface area contributed by atoms with Gasteiger partial charge < -0.3 is 4.74 Å². The monoisotopic (exact) mass is 248 g/mol. The summed E-state index contributed by atoms with van der Waals surface area (Å²) in [7, 11) is 1.18. The number of hydrogen-bond donors (Lipinski definition) is 0. The van der Waals surface area contributed by atoms with Crippen LogP contribution in [0.1, 0.15) is 10.4 Å². The van der Waals surface area contributed by atoms with Crippen LogP contribution in [0.5, 0.6) is 0 Å². The third-order valence-corrected chi connectivity index (χ3v) is 2.53. The van der Waals surface area contributed by atoms with E-state index in [1.54, 1.807) is 12.1 Å². The number of rotatable bonds is 2. The average molecular weight is 248 g/mol. The first-order valence-corrected chi connectivity index (χ1v) is 5.25. The molecule has 0 aliphatic carbocycles. The number of carbonyl (C=O) groups excluding carboxylic acids is 1. The summed E-state index contributed by atoms with van der Waals surface area (Å²) in [6.07, 6.45) is 0. The molecule has 18 heavy (non-hydrogen) atoms. The lowest BCUT2D eigenvalue weighted by atomic mass is 10.0. The van der Waals surface area contributed by atoms with Gasteiger partial charge >= 0.3 is 5.97 Å². The number of methoxy groups -OCH3 is 1. The van der Waals surface area contributed by atoms with Gasteiger partial charge in [0.25, 0.3) is 0 Å². The van der Waals surface area contributed by atoms with E-state index in [0.29, 0.717) is 11.1 Å². The van der Waals surface area contributed by atoms with Gasteiger partial charge in [0.15, 0.2) is 0 Å². The van der Waals surface area contributed by atoms with Crippen molar-refractivity contribution >= 4 is 5.97 Å². The molecule has 0 aliphatic heterocycles. The molecule has 0 amide bonds. The normalized spacial score (nSPS) is 10.2. The Hall–Kier alpha value is -2.23. The third-order valence-electron chi connectivity index (χ3n) is 2.53. The molecule has 0 saturated heterocycles. The van der Waals surface area contributed by atoms with Crippen LogP contribution in [0.15, 0.2) is 42.5 Å². The fraction of sp³-hybridized carbons (Fsp3) is 0.0714. The second-order valence-corrected chi connectivity index (χ2v) is 3.70. The van der Waals surface area contributed by atoms with Gasteiger partial charge in [-0.25, -0.2) is 13.6 Å². The van der Waals surface area contributed by atoms with Crippen LogP contribution in [-0.2, 0) is 4.74 Å². The Labute approximate surface area is 103 Å². The summed E-state index contributed by atoms with van der Waals surface area (Å²) in [5, 5.41) is 0. The molecule has 92 valence electrons. The molecule has 0 aliphatic rings. The zero-order chi connectivity index (χ0) is 13.1. The van der Waals surface area contributed by atoms with Crippen molar-refractivity contribution < 1.29 is 18.3 Å². The summed E-state index contributed by atoms with van der Waals surface area (Å²) in [4.78, 5) is 11.2. The van der Waals surface area contributed by atoms with Crippen LogP contribution >= 0.6 is 0 Å². The summed E-state index contributed by atoms with van der Waals surface area (Å²) in [5.41, 5.74) is 0.905. The highest BCUT2D eigenvalue weighted by Crippen LogP contribution is 2.22.